The van der Waals surface area contributed by atoms with Crippen molar-refractivity contribution in [1.82, 2.24) is 15.1 Å². The third kappa shape index (κ3) is 6.20. The van der Waals surface area contributed by atoms with Gasteiger partial charge in [-0.25, -0.2) is 0 Å². The maximum absolute atomic E-state index is 13.3. The predicted octanol–water partition coefficient (Wildman–Crippen LogP) is 5.41. The summed E-state index contributed by atoms with van der Waals surface area (Å²) in [5, 5.41) is 24.0. The van der Waals surface area contributed by atoms with Gasteiger partial charge in [0, 0.05) is 50.1 Å². The van der Waals surface area contributed by atoms with Crippen molar-refractivity contribution in [2.45, 2.75) is 75.9 Å². The smallest absolute Gasteiger partial charge is 0.221 e. The van der Waals surface area contributed by atoms with Crippen LogP contribution in [0.5, 0.6) is 11.5 Å². The van der Waals surface area contributed by atoms with Gasteiger partial charge in [-0.3, -0.25) is 14.6 Å². The lowest BCUT2D eigenvalue weighted by atomic mass is 9.57. The Morgan fingerprint density at radius 1 is 1.00 bits per heavy atom. The van der Waals surface area contributed by atoms with Crippen molar-refractivity contribution in [2.75, 3.05) is 26.2 Å². The number of amides is 1. The lowest BCUT2D eigenvalue weighted by molar-refractivity contribution is -0.123. The zero-order valence-corrected chi connectivity index (χ0v) is 24.8. The van der Waals surface area contributed by atoms with Gasteiger partial charge in [0.05, 0.1) is 0 Å². The first-order chi connectivity index (χ1) is 20.4. The molecule has 3 aromatic rings. The van der Waals surface area contributed by atoms with E-state index in [1.54, 1.807) is 12.1 Å². The van der Waals surface area contributed by atoms with Gasteiger partial charge in [-0.05, 0) is 91.4 Å². The summed E-state index contributed by atoms with van der Waals surface area (Å²) in [7, 11) is 0. The summed E-state index contributed by atoms with van der Waals surface area (Å²) in [6.45, 7) is 6.82. The number of carbonyl (C=O) groups is 1. The highest BCUT2D eigenvalue weighted by molar-refractivity contribution is 5.76. The zero-order valence-electron chi connectivity index (χ0n) is 24.8. The summed E-state index contributed by atoms with van der Waals surface area (Å²) in [5.41, 5.74) is 4.74. The van der Waals surface area contributed by atoms with E-state index in [9.17, 15) is 15.0 Å². The number of phenolic OH excluding ortho intramolecular Hbond substituents is 2. The molecule has 6 heteroatoms. The molecule has 0 aromatic heterocycles. The van der Waals surface area contributed by atoms with Gasteiger partial charge >= 0.3 is 0 Å². The summed E-state index contributed by atoms with van der Waals surface area (Å²) in [6, 6.07) is 24.8. The number of nitrogens with one attached hydrogen (secondary N) is 1. The van der Waals surface area contributed by atoms with Crippen molar-refractivity contribution < 1.29 is 15.0 Å². The molecule has 2 fully saturated rings. The molecule has 3 aromatic carbocycles. The maximum atomic E-state index is 13.3. The fourth-order valence-corrected chi connectivity index (χ4v) is 8.04. The van der Waals surface area contributed by atoms with Crippen LogP contribution in [-0.4, -0.2) is 64.2 Å². The number of benzene rings is 3. The Hall–Kier alpha value is -3.35. The Bertz CT molecular complexity index is 1380. The summed E-state index contributed by atoms with van der Waals surface area (Å²) < 4.78 is 0. The lowest BCUT2D eigenvalue weighted by Gasteiger charge is -2.56. The van der Waals surface area contributed by atoms with E-state index in [2.05, 4.69) is 64.5 Å². The van der Waals surface area contributed by atoms with Gasteiger partial charge < -0.3 is 15.5 Å². The second kappa shape index (κ2) is 12.5. The minimum atomic E-state index is -0.0614. The molecule has 3 N–H and O–H groups in total. The Morgan fingerprint density at radius 3 is 2.67 bits per heavy atom. The normalized spacial score (nSPS) is 26.0. The van der Waals surface area contributed by atoms with Gasteiger partial charge in [0.1, 0.15) is 11.5 Å². The highest BCUT2D eigenvalue weighted by Gasteiger charge is 2.51. The van der Waals surface area contributed by atoms with Crippen LogP contribution in [0.4, 0.5) is 0 Å². The van der Waals surface area contributed by atoms with E-state index in [4.69, 9.17) is 0 Å². The minimum Gasteiger partial charge on any atom is -0.508 e. The molecular weight excluding hydrogens is 522 g/mol. The van der Waals surface area contributed by atoms with Gasteiger partial charge in [0.2, 0.25) is 5.91 Å². The van der Waals surface area contributed by atoms with Crippen LogP contribution in [0.15, 0.2) is 72.8 Å². The number of fused-ring (bicyclic) bond motifs is 3. The van der Waals surface area contributed by atoms with E-state index < -0.39 is 0 Å². The van der Waals surface area contributed by atoms with Crippen molar-refractivity contribution >= 4 is 5.91 Å². The van der Waals surface area contributed by atoms with Crippen LogP contribution in [0.2, 0.25) is 0 Å². The van der Waals surface area contributed by atoms with Gasteiger partial charge in [-0.15, -0.1) is 0 Å². The van der Waals surface area contributed by atoms with Crippen molar-refractivity contribution in [3.05, 3.63) is 95.1 Å². The fourth-order valence-electron chi connectivity index (χ4n) is 8.04. The number of nitrogens with zero attached hydrogens (tertiary/aromatic N) is 2. The van der Waals surface area contributed by atoms with E-state index in [0.717, 1.165) is 82.4 Å². The van der Waals surface area contributed by atoms with Crippen LogP contribution in [0.3, 0.4) is 0 Å². The van der Waals surface area contributed by atoms with Crippen LogP contribution < -0.4 is 5.32 Å². The Kier molecular flexibility index (Phi) is 8.55. The van der Waals surface area contributed by atoms with E-state index in [0.29, 0.717) is 29.9 Å². The number of rotatable bonds is 9. The first kappa shape index (κ1) is 28.8. The number of hydrogen-bond acceptors (Lipinski definition) is 5. The highest BCUT2D eigenvalue weighted by Crippen LogP contribution is 2.50. The molecule has 2 aliphatic heterocycles. The first-order valence-electron chi connectivity index (χ1n) is 15.8. The van der Waals surface area contributed by atoms with Crippen LogP contribution in [0, 0.1) is 5.92 Å². The van der Waals surface area contributed by atoms with Gasteiger partial charge in [0.25, 0.3) is 0 Å². The monoisotopic (exact) mass is 567 g/mol. The number of carbonyl (C=O) groups excluding carboxylic acids is 1. The molecule has 0 unspecified atom stereocenters. The molecule has 3 aliphatic rings. The molecule has 2 bridgehead atoms. The number of phenols is 2. The quantitative estimate of drug-likeness (QED) is 0.323. The number of aromatic hydroxyl groups is 2. The van der Waals surface area contributed by atoms with Gasteiger partial charge in [-0.2, -0.15) is 0 Å². The van der Waals surface area contributed by atoms with Crippen LogP contribution in [0.1, 0.15) is 61.3 Å². The molecule has 2 heterocycles. The van der Waals surface area contributed by atoms with Gasteiger partial charge in [-0.1, -0.05) is 61.5 Å². The van der Waals surface area contributed by atoms with E-state index in [-0.39, 0.29) is 17.4 Å². The molecule has 1 aliphatic carbocycles. The average molecular weight is 568 g/mol. The molecule has 0 spiro atoms. The molecule has 1 amide bonds. The number of hydrogen-bond donors (Lipinski definition) is 3. The van der Waals surface area contributed by atoms with E-state index in [1.807, 2.05) is 18.2 Å². The van der Waals surface area contributed by atoms with Crippen molar-refractivity contribution in [2.24, 2.45) is 5.92 Å². The molecule has 222 valence electrons. The Labute approximate surface area is 250 Å². The first-order valence-corrected chi connectivity index (χ1v) is 15.8. The summed E-state index contributed by atoms with van der Waals surface area (Å²) in [6.07, 6.45) is 6.45. The summed E-state index contributed by atoms with van der Waals surface area (Å²) >= 11 is 0. The fraction of sp³-hybridized carbons (Fsp3) is 0.472. The molecule has 4 atom stereocenters. The minimum absolute atomic E-state index is 0.0614. The number of aryl methyl sites for hydroxylation is 1. The van der Waals surface area contributed by atoms with Crippen LogP contribution in [-0.2, 0) is 29.6 Å². The summed E-state index contributed by atoms with van der Waals surface area (Å²) in [4.78, 5) is 18.3. The number of likely N-dealkylation sites (tertiary alicyclic amines) is 1. The standard InChI is InChI=1S/C36H45N3O3/c1-26-24-39(17-7-10-27-8-3-2-4-9-27)31-21-30(22-36(26,23-31)29-12-6-13-32(40)20-29)37-35(42)16-19-38-18-15-33-28(25-38)11-5-14-34(33)41/h2-6,8-9,11-14,20,26,30-31,40-41H,7,10,15-19,21-25H2,1H3,(H,37,42)/t26-,30+,31+,36+/m1/s1. The topological polar surface area (TPSA) is 76.0 Å². The van der Waals surface area contributed by atoms with Crippen molar-refractivity contribution in [3.63, 3.8) is 0 Å². The van der Waals surface area contributed by atoms with Gasteiger partial charge in [0.15, 0.2) is 0 Å². The molecule has 42 heavy (non-hydrogen) atoms. The molecule has 1 saturated carbocycles. The molecule has 1 saturated heterocycles. The predicted molar refractivity (Wildman–Crippen MR) is 167 cm³/mol. The molecule has 6 nitrogen and oxygen atoms in total. The number of piperidine rings is 1. The molecular formula is C36H45N3O3. The lowest BCUT2D eigenvalue weighted by Crippen LogP contribution is -2.61. The SMILES string of the molecule is C[C@@H]1CN(CCCc2ccccc2)[C@H]2C[C@H](NC(=O)CCN3CCc4c(O)cccc4C3)C[C@]1(c1cccc(O)c1)C2. The third-order valence-corrected chi connectivity index (χ3v) is 10.3. The molecule has 0 radical (unpaired) electrons. The zero-order chi connectivity index (χ0) is 29.1. The van der Waals surface area contributed by atoms with E-state index in [1.165, 1.54) is 11.1 Å². The Morgan fingerprint density at radius 2 is 1.83 bits per heavy atom. The van der Waals surface area contributed by atoms with E-state index >= 15 is 0 Å². The van der Waals surface area contributed by atoms with Crippen LogP contribution in [0.25, 0.3) is 0 Å². The average Bonchev–Trinajstić information content (AvgIpc) is 2.99. The van der Waals surface area contributed by atoms with Crippen LogP contribution >= 0.6 is 0 Å². The summed E-state index contributed by atoms with van der Waals surface area (Å²) in [5.74, 6) is 1.24. The molecule has 6 rings (SSSR count). The highest BCUT2D eigenvalue weighted by atomic mass is 16.3. The second-order valence-corrected chi connectivity index (χ2v) is 12.9. The maximum Gasteiger partial charge on any atom is 0.221 e. The Balaban J connectivity index is 1.11. The third-order valence-electron chi connectivity index (χ3n) is 10.3. The van der Waals surface area contributed by atoms with Crippen molar-refractivity contribution in [1.29, 1.82) is 0 Å². The largest absolute Gasteiger partial charge is 0.508 e. The second-order valence-electron chi connectivity index (χ2n) is 12.9. The van der Waals surface area contributed by atoms with Crippen molar-refractivity contribution in [3.8, 4) is 11.5 Å².